The maximum Gasteiger partial charge on any atom is 0.259 e. The largest absolute Gasteiger partial charge is 0.493 e. The first-order valence-electron chi connectivity index (χ1n) is 8.32. The molecule has 0 unspecified atom stereocenters. The summed E-state index contributed by atoms with van der Waals surface area (Å²) in [6, 6.07) is 10.0. The van der Waals surface area contributed by atoms with Crippen LogP contribution in [0.15, 0.2) is 41.5 Å². The minimum absolute atomic E-state index is 0.187. The van der Waals surface area contributed by atoms with E-state index in [0.29, 0.717) is 28.6 Å². The first-order valence-corrected chi connectivity index (χ1v) is 8.32. The van der Waals surface area contributed by atoms with E-state index < -0.39 is 11.8 Å². The van der Waals surface area contributed by atoms with Crippen LogP contribution in [0.5, 0.6) is 23.0 Å². The van der Waals surface area contributed by atoms with E-state index in [0.717, 1.165) is 5.56 Å². The van der Waals surface area contributed by atoms with Gasteiger partial charge in [-0.15, -0.1) is 0 Å². The van der Waals surface area contributed by atoms with Crippen molar-refractivity contribution in [3.8, 4) is 23.0 Å². The zero-order chi connectivity index (χ0) is 19.9. The van der Waals surface area contributed by atoms with Crippen molar-refractivity contribution < 1.29 is 28.5 Å². The molecular formula is C19H19N3O6. The molecule has 28 heavy (non-hydrogen) atoms. The Kier molecular flexibility index (Phi) is 5.95. The Morgan fingerprint density at radius 3 is 2.64 bits per heavy atom. The molecule has 1 aliphatic rings. The molecule has 0 aliphatic carbocycles. The van der Waals surface area contributed by atoms with Gasteiger partial charge in [-0.05, 0) is 42.0 Å². The van der Waals surface area contributed by atoms with E-state index >= 15 is 0 Å². The molecule has 0 atom stereocenters. The predicted octanol–water partition coefficient (Wildman–Crippen LogP) is 1.31. The summed E-state index contributed by atoms with van der Waals surface area (Å²) in [6.45, 7) is -0.0436. The molecule has 0 spiro atoms. The first kappa shape index (κ1) is 19.0. The number of benzene rings is 2. The minimum Gasteiger partial charge on any atom is -0.493 e. The SMILES string of the molecule is COc1ccc(C(=O)NCC(=O)NN=Cc2ccc3c(c2)OCO3)cc1OC. The fourth-order valence-corrected chi connectivity index (χ4v) is 2.45. The van der Waals surface area contributed by atoms with Crippen LogP contribution in [0.2, 0.25) is 0 Å². The van der Waals surface area contributed by atoms with E-state index in [1.165, 1.54) is 26.5 Å². The molecule has 0 bridgehead atoms. The average Bonchev–Trinajstić information content (AvgIpc) is 3.19. The van der Waals surface area contributed by atoms with Crippen molar-refractivity contribution in [2.45, 2.75) is 0 Å². The van der Waals surface area contributed by atoms with Crippen molar-refractivity contribution in [3.63, 3.8) is 0 Å². The maximum atomic E-state index is 12.2. The summed E-state index contributed by atoms with van der Waals surface area (Å²) in [4.78, 5) is 24.0. The van der Waals surface area contributed by atoms with Crippen molar-refractivity contribution in [2.75, 3.05) is 27.6 Å². The van der Waals surface area contributed by atoms with Crippen molar-refractivity contribution in [1.29, 1.82) is 0 Å². The van der Waals surface area contributed by atoms with Crippen LogP contribution in [0.3, 0.4) is 0 Å². The van der Waals surface area contributed by atoms with Gasteiger partial charge in [0.1, 0.15) is 0 Å². The van der Waals surface area contributed by atoms with Crippen LogP contribution in [0.25, 0.3) is 0 Å². The summed E-state index contributed by atoms with van der Waals surface area (Å²) >= 11 is 0. The van der Waals surface area contributed by atoms with Gasteiger partial charge in [-0.3, -0.25) is 9.59 Å². The molecule has 1 heterocycles. The van der Waals surface area contributed by atoms with Crippen molar-refractivity contribution in [2.24, 2.45) is 5.10 Å². The quantitative estimate of drug-likeness (QED) is 0.550. The van der Waals surface area contributed by atoms with Crippen LogP contribution in [0, 0.1) is 0 Å². The van der Waals surface area contributed by atoms with E-state index in [2.05, 4.69) is 15.8 Å². The molecule has 146 valence electrons. The normalized spacial score (nSPS) is 11.9. The second kappa shape index (κ2) is 8.76. The van der Waals surface area contributed by atoms with Crippen LogP contribution in [0.1, 0.15) is 15.9 Å². The Morgan fingerprint density at radius 1 is 1.07 bits per heavy atom. The van der Waals surface area contributed by atoms with E-state index in [1.54, 1.807) is 30.3 Å². The number of hydrazone groups is 1. The molecule has 2 aromatic carbocycles. The van der Waals surface area contributed by atoms with E-state index in [4.69, 9.17) is 18.9 Å². The predicted molar refractivity (Wildman–Crippen MR) is 100 cm³/mol. The third-order valence-corrected chi connectivity index (χ3v) is 3.85. The van der Waals surface area contributed by atoms with Crippen molar-refractivity contribution in [1.82, 2.24) is 10.7 Å². The smallest absolute Gasteiger partial charge is 0.259 e. The molecule has 2 N–H and O–H groups in total. The third-order valence-electron chi connectivity index (χ3n) is 3.85. The van der Waals surface area contributed by atoms with Gasteiger partial charge < -0.3 is 24.3 Å². The Bertz CT molecular complexity index is 913. The molecule has 1 aliphatic heterocycles. The second-order valence-corrected chi connectivity index (χ2v) is 5.66. The van der Waals surface area contributed by atoms with Gasteiger partial charge in [0.2, 0.25) is 6.79 Å². The standard InChI is InChI=1S/C19H19N3O6/c1-25-14-6-4-13(8-16(14)26-2)19(24)20-10-18(23)22-21-9-12-3-5-15-17(7-12)28-11-27-15/h3-9H,10-11H2,1-2H3,(H,20,24)(H,22,23). The van der Waals surface area contributed by atoms with Crippen molar-refractivity contribution >= 4 is 18.0 Å². The van der Waals surface area contributed by atoms with Crippen LogP contribution >= 0.6 is 0 Å². The Hall–Kier alpha value is -3.75. The number of carbonyl (C=O) groups is 2. The number of carbonyl (C=O) groups excluding carboxylic acids is 2. The average molecular weight is 385 g/mol. The lowest BCUT2D eigenvalue weighted by Crippen LogP contribution is -2.34. The molecule has 3 rings (SSSR count). The number of hydrogen-bond acceptors (Lipinski definition) is 7. The fourth-order valence-electron chi connectivity index (χ4n) is 2.45. The molecule has 0 saturated heterocycles. The maximum absolute atomic E-state index is 12.2. The highest BCUT2D eigenvalue weighted by Gasteiger charge is 2.13. The summed E-state index contributed by atoms with van der Waals surface area (Å²) in [5.74, 6) is 1.33. The second-order valence-electron chi connectivity index (χ2n) is 5.66. The highest BCUT2D eigenvalue weighted by atomic mass is 16.7. The Morgan fingerprint density at radius 2 is 1.86 bits per heavy atom. The number of hydrogen-bond donors (Lipinski definition) is 2. The monoisotopic (exact) mass is 385 g/mol. The molecule has 2 amide bonds. The third kappa shape index (κ3) is 4.50. The van der Waals surface area contributed by atoms with Gasteiger partial charge in [-0.25, -0.2) is 5.43 Å². The zero-order valence-electron chi connectivity index (χ0n) is 15.4. The molecule has 9 nitrogen and oxygen atoms in total. The summed E-state index contributed by atoms with van der Waals surface area (Å²) in [7, 11) is 2.98. The molecule has 9 heteroatoms. The highest BCUT2D eigenvalue weighted by molar-refractivity contribution is 5.97. The number of rotatable bonds is 7. The Balaban J connectivity index is 1.49. The van der Waals surface area contributed by atoms with E-state index in [-0.39, 0.29) is 13.3 Å². The number of ether oxygens (including phenoxy) is 4. The van der Waals surface area contributed by atoms with E-state index in [9.17, 15) is 9.59 Å². The minimum atomic E-state index is -0.467. The molecule has 2 aromatic rings. The van der Waals surface area contributed by atoms with Gasteiger partial charge >= 0.3 is 0 Å². The van der Waals surface area contributed by atoms with E-state index in [1.807, 2.05) is 0 Å². The fraction of sp³-hybridized carbons (Fsp3) is 0.211. The number of fused-ring (bicyclic) bond motifs is 1. The molecule has 0 fully saturated rings. The lowest BCUT2D eigenvalue weighted by atomic mass is 10.2. The lowest BCUT2D eigenvalue weighted by molar-refractivity contribution is -0.120. The summed E-state index contributed by atoms with van der Waals surface area (Å²) in [5, 5.41) is 6.37. The number of amides is 2. The molecule has 0 aromatic heterocycles. The lowest BCUT2D eigenvalue weighted by Gasteiger charge is -2.09. The van der Waals surface area contributed by atoms with Crippen LogP contribution in [0.4, 0.5) is 0 Å². The number of nitrogens with zero attached hydrogens (tertiary/aromatic N) is 1. The summed E-state index contributed by atoms with van der Waals surface area (Å²) in [5.41, 5.74) is 3.42. The topological polar surface area (TPSA) is 107 Å². The van der Waals surface area contributed by atoms with Gasteiger partial charge in [0.25, 0.3) is 11.8 Å². The van der Waals surface area contributed by atoms with Gasteiger partial charge in [0, 0.05) is 5.56 Å². The summed E-state index contributed by atoms with van der Waals surface area (Å²) in [6.07, 6.45) is 1.47. The van der Waals surface area contributed by atoms with Crippen LogP contribution < -0.4 is 29.7 Å². The zero-order valence-corrected chi connectivity index (χ0v) is 15.4. The highest BCUT2D eigenvalue weighted by Crippen LogP contribution is 2.32. The van der Waals surface area contributed by atoms with Crippen molar-refractivity contribution in [3.05, 3.63) is 47.5 Å². The molecular weight excluding hydrogens is 366 g/mol. The van der Waals surface area contributed by atoms with Gasteiger partial charge in [0.05, 0.1) is 27.0 Å². The Labute approximate surface area is 161 Å². The summed E-state index contributed by atoms with van der Waals surface area (Å²) < 4.78 is 20.8. The van der Waals surface area contributed by atoms with Crippen LogP contribution in [-0.4, -0.2) is 45.6 Å². The molecule has 0 saturated carbocycles. The molecule has 0 radical (unpaired) electrons. The van der Waals surface area contributed by atoms with Gasteiger partial charge in [-0.2, -0.15) is 5.10 Å². The number of nitrogens with one attached hydrogen (secondary N) is 2. The van der Waals surface area contributed by atoms with Crippen LogP contribution in [-0.2, 0) is 4.79 Å². The van der Waals surface area contributed by atoms with Gasteiger partial charge in [-0.1, -0.05) is 0 Å². The number of methoxy groups -OCH3 is 2. The van der Waals surface area contributed by atoms with Gasteiger partial charge in [0.15, 0.2) is 23.0 Å². The first-order chi connectivity index (χ1) is 13.6.